The molecule has 1 aromatic carbocycles. The Morgan fingerprint density at radius 3 is 2.86 bits per heavy atom. The molecule has 0 heterocycles. The third kappa shape index (κ3) is 2.39. The standard InChI is InChI=1S/C10H14N2O2/c1-3-14-10(13)12-9-7(2)5-4-6-8(9)11/h4-6H,3,11H2,1-2H3,(H,12,13). The van der Waals surface area contributed by atoms with Crippen molar-refractivity contribution >= 4 is 17.5 Å². The van der Waals surface area contributed by atoms with Crippen molar-refractivity contribution in [1.29, 1.82) is 0 Å². The van der Waals surface area contributed by atoms with Crippen LogP contribution in [0.5, 0.6) is 0 Å². The molecule has 0 aliphatic rings. The number of nitrogens with two attached hydrogens (primary N) is 1. The third-order valence-corrected chi connectivity index (χ3v) is 1.81. The zero-order valence-electron chi connectivity index (χ0n) is 8.33. The first-order chi connectivity index (χ1) is 6.65. The van der Waals surface area contributed by atoms with Crippen LogP contribution >= 0.6 is 0 Å². The SMILES string of the molecule is CCOC(=O)Nc1c(C)cccc1N. The van der Waals surface area contributed by atoms with Crippen LogP contribution in [0.1, 0.15) is 12.5 Å². The summed E-state index contributed by atoms with van der Waals surface area (Å²) in [6, 6.07) is 5.44. The quantitative estimate of drug-likeness (QED) is 0.709. The molecule has 0 spiro atoms. The number of carbonyl (C=O) groups is 1. The fraction of sp³-hybridized carbons (Fsp3) is 0.300. The van der Waals surface area contributed by atoms with Crippen LogP contribution in [0.15, 0.2) is 18.2 Å². The summed E-state index contributed by atoms with van der Waals surface area (Å²) in [5.74, 6) is 0. The highest BCUT2D eigenvalue weighted by Crippen LogP contribution is 2.22. The van der Waals surface area contributed by atoms with Crippen LogP contribution in [0.4, 0.5) is 16.2 Å². The lowest BCUT2D eigenvalue weighted by atomic mass is 10.2. The molecule has 0 saturated carbocycles. The molecule has 0 atom stereocenters. The molecule has 0 unspecified atom stereocenters. The number of nitrogen functional groups attached to an aromatic ring is 1. The molecule has 14 heavy (non-hydrogen) atoms. The van der Waals surface area contributed by atoms with Gasteiger partial charge in [0.2, 0.25) is 0 Å². The van der Waals surface area contributed by atoms with Crippen LogP contribution in [0, 0.1) is 6.92 Å². The van der Waals surface area contributed by atoms with Gasteiger partial charge in [-0.3, -0.25) is 5.32 Å². The van der Waals surface area contributed by atoms with Gasteiger partial charge in [-0.25, -0.2) is 4.79 Å². The Balaban J connectivity index is 2.80. The fourth-order valence-corrected chi connectivity index (χ4v) is 1.13. The number of para-hydroxylation sites is 1. The number of rotatable bonds is 2. The van der Waals surface area contributed by atoms with Crippen LogP contribution in [0.25, 0.3) is 0 Å². The zero-order chi connectivity index (χ0) is 10.6. The summed E-state index contributed by atoms with van der Waals surface area (Å²) >= 11 is 0. The highest BCUT2D eigenvalue weighted by molar-refractivity contribution is 5.90. The summed E-state index contributed by atoms with van der Waals surface area (Å²) in [6.07, 6.45) is -0.478. The van der Waals surface area contributed by atoms with Crippen molar-refractivity contribution in [2.45, 2.75) is 13.8 Å². The van der Waals surface area contributed by atoms with E-state index in [4.69, 9.17) is 10.5 Å². The Hall–Kier alpha value is -1.71. The molecule has 0 bridgehead atoms. The molecule has 0 radical (unpaired) electrons. The maximum Gasteiger partial charge on any atom is 0.411 e. The maximum atomic E-state index is 11.1. The van der Waals surface area contributed by atoms with Gasteiger partial charge >= 0.3 is 6.09 Å². The molecule has 76 valence electrons. The number of hydrogen-bond donors (Lipinski definition) is 2. The largest absolute Gasteiger partial charge is 0.450 e. The minimum atomic E-state index is -0.478. The molecular weight excluding hydrogens is 180 g/mol. The lowest BCUT2D eigenvalue weighted by Gasteiger charge is -2.10. The van der Waals surface area contributed by atoms with E-state index in [1.807, 2.05) is 19.1 Å². The Labute approximate surface area is 83.1 Å². The number of carbonyl (C=O) groups excluding carboxylic acids is 1. The van der Waals surface area contributed by atoms with E-state index in [-0.39, 0.29) is 0 Å². The van der Waals surface area contributed by atoms with E-state index in [0.29, 0.717) is 18.0 Å². The average Bonchev–Trinajstić information content (AvgIpc) is 2.12. The monoisotopic (exact) mass is 194 g/mol. The van der Waals surface area contributed by atoms with Crippen molar-refractivity contribution in [2.75, 3.05) is 17.7 Å². The first kappa shape index (κ1) is 10.4. The van der Waals surface area contributed by atoms with Gasteiger partial charge in [0.1, 0.15) is 0 Å². The van der Waals surface area contributed by atoms with E-state index in [1.165, 1.54) is 0 Å². The Morgan fingerprint density at radius 1 is 1.57 bits per heavy atom. The van der Waals surface area contributed by atoms with Gasteiger partial charge in [-0.1, -0.05) is 12.1 Å². The number of amides is 1. The predicted molar refractivity (Wildman–Crippen MR) is 56.2 cm³/mol. The molecule has 0 saturated heterocycles. The van der Waals surface area contributed by atoms with Gasteiger partial charge in [0.15, 0.2) is 0 Å². The third-order valence-electron chi connectivity index (χ3n) is 1.81. The van der Waals surface area contributed by atoms with Crippen LogP contribution in [-0.4, -0.2) is 12.7 Å². The van der Waals surface area contributed by atoms with E-state index in [0.717, 1.165) is 5.56 Å². The highest BCUT2D eigenvalue weighted by atomic mass is 16.5. The van der Waals surface area contributed by atoms with Gasteiger partial charge in [0.05, 0.1) is 18.0 Å². The van der Waals surface area contributed by atoms with Crippen molar-refractivity contribution in [3.63, 3.8) is 0 Å². The minimum Gasteiger partial charge on any atom is -0.450 e. The van der Waals surface area contributed by atoms with Gasteiger partial charge in [0.25, 0.3) is 0 Å². The van der Waals surface area contributed by atoms with E-state index in [9.17, 15) is 4.79 Å². The summed E-state index contributed by atoms with van der Waals surface area (Å²) in [6.45, 7) is 3.97. The number of aryl methyl sites for hydroxylation is 1. The lowest BCUT2D eigenvalue weighted by Crippen LogP contribution is -2.15. The molecule has 4 heteroatoms. The summed E-state index contributed by atoms with van der Waals surface area (Å²) < 4.78 is 4.75. The summed E-state index contributed by atoms with van der Waals surface area (Å²) in [4.78, 5) is 11.1. The zero-order valence-corrected chi connectivity index (χ0v) is 8.33. The van der Waals surface area contributed by atoms with Crippen LogP contribution < -0.4 is 11.1 Å². The van der Waals surface area contributed by atoms with E-state index in [2.05, 4.69) is 5.32 Å². The van der Waals surface area contributed by atoms with E-state index in [1.54, 1.807) is 13.0 Å². The first-order valence-electron chi connectivity index (χ1n) is 4.44. The molecule has 1 amide bonds. The second-order valence-corrected chi connectivity index (χ2v) is 2.88. The Bertz CT molecular complexity index is 317. The molecular formula is C10H14N2O2. The number of nitrogens with one attached hydrogen (secondary N) is 1. The van der Waals surface area contributed by atoms with Gasteiger partial charge in [-0.2, -0.15) is 0 Å². The second-order valence-electron chi connectivity index (χ2n) is 2.88. The number of ether oxygens (including phenoxy) is 1. The van der Waals surface area contributed by atoms with Crippen LogP contribution in [0.2, 0.25) is 0 Å². The molecule has 1 rings (SSSR count). The first-order valence-corrected chi connectivity index (χ1v) is 4.44. The summed E-state index contributed by atoms with van der Waals surface area (Å²) in [5, 5.41) is 2.59. The average molecular weight is 194 g/mol. The highest BCUT2D eigenvalue weighted by Gasteiger charge is 2.07. The smallest absolute Gasteiger partial charge is 0.411 e. The molecule has 1 aromatic rings. The van der Waals surface area contributed by atoms with Crippen LogP contribution in [0.3, 0.4) is 0 Å². The van der Waals surface area contributed by atoms with Gasteiger partial charge in [0, 0.05) is 0 Å². The normalized spacial score (nSPS) is 9.57. The van der Waals surface area contributed by atoms with Crippen molar-refractivity contribution in [3.8, 4) is 0 Å². The minimum absolute atomic E-state index is 0.345. The van der Waals surface area contributed by atoms with Crippen molar-refractivity contribution in [3.05, 3.63) is 23.8 Å². The molecule has 4 nitrogen and oxygen atoms in total. The fourth-order valence-electron chi connectivity index (χ4n) is 1.13. The topological polar surface area (TPSA) is 64.3 Å². The number of anilines is 2. The number of hydrogen-bond acceptors (Lipinski definition) is 3. The second kappa shape index (κ2) is 4.50. The van der Waals surface area contributed by atoms with E-state index >= 15 is 0 Å². The predicted octanol–water partition coefficient (Wildman–Crippen LogP) is 2.15. The van der Waals surface area contributed by atoms with Crippen molar-refractivity contribution in [1.82, 2.24) is 0 Å². The molecule has 0 aliphatic heterocycles. The van der Waals surface area contributed by atoms with Crippen molar-refractivity contribution in [2.24, 2.45) is 0 Å². The Morgan fingerprint density at radius 2 is 2.29 bits per heavy atom. The summed E-state index contributed by atoms with van der Waals surface area (Å²) in [5.41, 5.74) is 7.77. The molecule has 0 aliphatic carbocycles. The van der Waals surface area contributed by atoms with Gasteiger partial charge < -0.3 is 10.5 Å². The molecule has 3 N–H and O–H groups in total. The summed E-state index contributed by atoms with van der Waals surface area (Å²) in [7, 11) is 0. The molecule has 0 aromatic heterocycles. The molecule has 0 fully saturated rings. The Kier molecular flexibility index (Phi) is 3.34. The van der Waals surface area contributed by atoms with Gasteiger partial charge in [-0.05, 0) is 25.5 Å². The van der Waals surface area contributed by atoms with Gasteiger partial charge in [-0.15, -0.1) is 0 Å². The lowest BCUT2D eigenvalue weighted by molar-refractivity contribution is 0.168. The van der Waals surface area contributed by atoms with Crippen molar-refractivity contribution < 1.29 is 9.53 Å². The van der Waals surface area contributed by atoms with E-state index < -0.39 is 6.09 Å². The number of benzene rings is 1. The van der Waals surface area contributed by atoms with Crippen LogP contribution in [-0.2, 0) is 4.74 Å². The maximum absolute atomic E-state index is 11.1.